The molecule has 0 aromatic carbocycles. The second-order valence-corrected chi connectivity index (χ2v) is 5.05. The van der Waals surface area contributed by atoms with Crippen molar-refractivity contribution in [3.05, 3.63) is 0 Å². The third-order valence-electron chi connectivity index (χ3n) is 2.00. The van der Waals surface area contributed by atoms with Crippen LogP contribution in [0.15, 0.2) is 0 Å². The van der Waals surface area contributed by atoms with Crippen LogP contribution in [0.1, 0.15) is 45.4 Å². The quantitative estimate of drug-likeness (QED) is 0.269. The molecule has 0 aliphatic heterocycles. The first-order chi connectivity index (χ1) is 7.16. The highest BCUT2D eigenvalue weighted by Crippen LogP contribution is 2.08. The first-order valence-electron chi connectivity index (χ1n) is 5.48. The lowest BCUT2D eigenvalue weighted by Gasteiger charge is -1.99. The number of hydrogen-bond acceptors (Lipinski definition) is 2. The summed E-state index contributed by atoms with van der Waals surface area (Å²) in [6, 6.07) is 0. The number of thioether (sulfide) groups is 1. The van der Waals surface area contributed by atoms with Crippen molar-refractivity contribution in [2.45, 2.75) is 45.4 Å². The molecule has 3 nitrogen and oxygen atoms in total. The largest absolute Gasteiger partial charge is 0.313 e. The molecular formula is C10H22N3S2+. The van der Waals surface area contributed by atoms with E-state index in [0.717, 1.165) is 5.75 Å². The van der Waals surface area contributed by atoms with Crippen LogP contribution in [-0.4, -0.2) is 16.0 Å². The van der Waals surface area contributed by atoms with E-state index in [0.29, 0.717) is 5.17 Å². The Hall–Kier alpha value is -0.290. The molecule has 0 aliphatic carbocycles. The number of amidine groups is 1. The number of nitrogens with one attached hydrogen (secondary N) is 1. The van der Waals surface area contributed by atoms with Crippen molar-refractivity contribution in [1.82, 2.24) is 0 Å². The van der Waals surface area contributed by atoms with Crippen molar-refractivity contribution in [2.75, 3.05) is 5.75 Å². The summed E-state index contributed by atoms with van der Waals surface area (Å²) in [7, 11) is 0. The van der Waals surface area contributed by atoms with Crippen LogP contribution in [0.4, 0.5) is 0 Å². The molecule has 0 heterocycles. The van der Waals surface area contributed by atoms with E-state index in [4.69, 9.17) is 11.5 Å². The number of nitrogens with two attached hydrogens (primary N) is 2. The van der Waals surface area contributed by atoms with Crippen molar-refractivity contribution in [3.63, 3.8) is 0 Å². The van der Waals surface area contributed by atoms with E-state index >= 15 is 0 Å². The zero-order valence-electron chi connectivity index (χ0n) is 9.42. The van der Waals surface area contributed by atoms with E-state index < -0.39 is 0 Å². The summed E-state index contributed by atoms with van der Waals surface area (Å²) in [5.74, 6) is 1.04. The molecule has 0 rings (SSSR count). The van der Waals surface area contributed by atoms with Gasteiger partial charge in [-0.05, 0) is 18.6 Å². The Morgan fingerprint density at radius 3 is 2.33 bits per heavy atom. The van der Waals surface area contributed by atoms with E-state index in [2.05, 4.69) is 24.1 Å². The normalized spacial score (nSPS) is 11.7. The minimum Gasteiger partial charge on any atom is -0.313 e. The molecule has 0 aliphatic rings. The van der Waals surface area contributed by atoms with Crippen LogP contribution in [0.25, 0.3) is 0 Å². The molecule has 0 atom stereocenters. The molecule has 0 amide bonds. The maximum absolute atomic E-state index is 5.64. The Morgan fingerprint density at radius 2 is 1.73 bits per heavy atom. The molecule has 0 unspecified atom stereocenters. The topological polar surface area (TPSA) is 66.0 Å². The molecule has 88 valence electrons. The van der Waals surface area contributed by atoms with Crippen LogP contribution in [0.2, 0.25) is 0 Å². The maximum Gasteiger partial charge on any atom is 0.285 e. The van der Waals surface area contributed by atoms with Crippen LogP contribution in [-0.2, 0) is 0 Å². The molecule has 15 heavy (non-hydrogen) atoms. The van der Waals surface area contributed by atoms with Gasteiger partial charge in [-0.2, -0.15) is 0 Å². The van der Waals surface area contributed by atoms with Gasteiger partial charge in [-0.1, -0.05) is 50.8 Å². The highest BCUT2D eigenvalue weighted by molar-refractivity contribution is 8.13. The predicted molar refractivity (Wildman–Crippen MR) is 72.8 cm³/mol. The summed E-state index contributed by atoms with van der Waals surface area (Å²) in [4.78, 5) is 2.72. The molecule has 5 heteroatoms. The van der Waals surface area contributed by atoms with E-state index in [1.165, 1.54) is 38.5 Å². The smallest absolute Gasteiger partial charge is 0.285 e. The summed E-state index contributed by atoms with van der Waals surface area (Å²) in [5.41, 5.74) is 10.9. The fourth-order valence-corrected chi connectivity index (χ4v) is 2.15. The van der Waals surface area contributed by atoms with Crippen LogP contribution in [0, 0.1) is 0 Å². The van der Waals surface area contributed by atoms with E-state index in [9.17, 15) is 0 Å². The summed E-state index contributed by atoms with van der Waals surface area (Å²) < 4.78 is 0. The second-order valence-electron chi connectivity index (χ2n) is 3.47. The van der Waals surface area contributed by atoms with Crippen molar-refractivity contribution in [3.8, 4) is 0 Å². The van der Waals surface area contributed by atoms with Crippen molar-refractivity contribution in [2.24, 2.45) is 11.5 Å². The van der Waals surface area contributed by atoms with Gasteiger partial charge in [0.25, 0.3) is 10.3 Å². The average Bonchev–Trinajstić information content (AvgIpc) is 2.15. The lowest BCUT2D eigenvalue weighted by atomic mass is 10.1. The highest BCUT2D eigenvalue weighted by Gasteiger charge is 1.98. The molecule has 0 fully saturated rings. The van der Waals surface area contributed by atoms with Gasteiger partial charge in [0, 0.05) is 5.75 Å². The van der Waals surface area contributed by atoms with Gasteiger partial charge < -0.3 is 11.5 Å². The first-order valence-corrected chi connectivity index (χ1v) is 6.88. The first kappa shape index (κ1) is 14.7. The summed E-state index contributed by atoms with van der Waals surface area (Å²) in [6.07, 6.45) is 7.82. The number of hydrogen-bond donors (Lipinski definition) is 3. The molecule has 0 spiro atoms. The Labute approximate surface area is 102 Å². The summed E-state index contributed by atoms with van der Waals surface area (Å²) in [5, 5.41) is 0.846. The molecule has 0 saturated heterocycles. The maximum atomic E-state index is 5.64. The Morgan fingerprint density at radius 1 is 1.13 bits per heavy atom. The SMILES string of the molecule is CCCCCCCCSC(N)=[NH+]C(N)=S. The Bertz CT molecular complexity index is 205. The van der Waals surface area contributed by atoms with Gasteiger partial charge >= 0.3 is 0 Å². The van der Waals surface area contributed by atoms with E-state index in [1.54, 1.807) is 11.8 Å². The monoisotopic (exact) mass is 248 g/mol. The molecule has 0 saturated carbocycles. The average molecular weight is 248 g/mol. The van der Waals surface area contributed by atoms with Crippen LogP contribution in [0.5, 0.6) is 0 Å². The van der Waals surface area contributed by atoms with Gasteiger partial charge in [0.2, 0.25) is 0 Å². The van der Waals surface area contributed by atoms with E-state index in [-0.39, 0.29) is 5.11 Å². The fourth-order valence-electron chi connectivity index (χ4n) is 1.22. The fraction of sp³-hybridized carbons (Fsp3) is 0.800. The molecule has 0 bridgehead atoms. The second kappa shape index (κ2) is 10.2. The van der Waals surface area contributed by atoms with E-state index in [1.807, 2.05) is 0 Å². The zero-order valence-corrected chi connectivity index (χ0v) is 11.1. The molecule has 0 aromatic heterocycles. The zero-order chi connectivity index (χ0) is 11.5. The number of rotatable bonds is 7. The molecular weight excluding hydrogens is 226 g/mol. The van der Waals surface area contributed by atoms with Crippen LogP contribution in [0.3, 0.4) is 0 Å². The Kier molecular flexibility index (Phi) is 10.0. The lowest BCUT2D eigenvalue weighted by molar-refractivity contribution is -0.309. The van der Waals surface area contributed by atoms with Gasteiger partial charge in [-0.25, -0.2) is 4.99 Å². The van der Waals surface area contributed by atoms with Gasteiger partial charge in [-0.15, -0.1) is 0 Å². The summed E-state index contributed by atoms with van der Waals surface area (Å²) in [6.45, 7) is 2.23. The molecule has 5 N–H and O–H groups in total. The standard InChI is InChI=1S/C10H21N3S2/c1-2-3-4-5-6-7-8-15-10(12)13-9(11)14/h2-8H2,1H3,(H4,11,12,13,14)/p+1. The minimum absolute atomic E-state index is 0.239. The predicted octanol–water partition coefficient (Wildman–Crippen LogP) is 0.719. The minimum atomic E-state index is 0.239. The van der Waals surface area contributed by atoms with Crippen LogP contribution >= 0.6 is 24.0 Å². The molecule has 0 radical (unpaired) electrons. The van der Waals surface area contributed by atoms with Crippen LogP contribution < -0.4 is 16.5 Å². The Balaban J connectivity index is 3.27. The third kappa shape index (κ3) is 11.6. The van der Waals surface area contributed by atoms with Crippen molar-refractivity contribution >= 4 is 34.3 Å². The van der Waals surface area contributed by atoms with Crippen molar-refractivity contribution in [1.29, 1.82) is 0 Å². The molecule has 0 aromatic rings. The van der Waals surface area contributed by atoms with Gasteiger partial charge in [0.1, 0.15) is 0 Å². The summed E-state index contributed by atoms with van der Waals surface area (Å²) >= 11 is 6.26. The van der Waals surface area contributed by atoms with Gasteiger partial charge in [-0.3, -0.25) is 0 Å². The highest BCUT2D eigenvalue weighted by atomic mass is 32.2. The van der Waals surface area contributed by atoms with Gasteiger partial charge in [0.05, 0.1) is 0 Å². The van der Waals surface area contributed by atoms with Gasteiger partial charge in [0.15, 0.2) is 0 Å². The lowest BCUT2D eigenvalue weighted by Crippen LogP contribution is -2.80. The third-order valence-corrected chi connectivity index (χ3v) is 3.01. The van der Waals surface area contributed by atoms with Crippen molar-refractivity contribution < 1.29 is 4.99 Å². The number of thiocarbonyl (C=S) groups is 1. The number of unbranched alkanes of at least 4 members (excludes halogenated alkanes) is 5.